The number of rotatable bonds is 4. The van der Waals surface area contributed by atoms with Crippen LogP contribution in [0.25, 0.3) is 5.76 Å². The normalized spacial score (nSPS) is 16.9. The van der Waals surface area contributed by atoms with E-state index in [0.29, 0.717) is 12.2 Å². The fourth-order valence-corrected chi connectivity index (χ4v) is 2.88. The van der Waals surface area contributed by atoms with Gasteiger partial charge in [0.15, 0.2) is 0 Å². The quantitative estimate of drug-likeness (QED) is 0.528. The van der Waals surface area contributed by atoms with Crippen molar-refractivity contribution in [2.24, 2.45) is 0 Å². The number of halogens is 1. The Kier molecular flexibility index (Phi) is 4.44. The standard InChI is InChI=1S/C19H19FN2O3/c1-12(2)22-11-15(18(24)19(22)25)17(23)16-4-3-9-21(16)10-13-5-7-14(20)8-6-13/h3-9,12,23H,10-11H2,1-2H3/b17-15-. The van der Waals surface area contributed by atoms with Crippen LogP contribution < -0.4 is 0 Å². The Hall–Kier alpha value is -2.89. The number of ketones is 1. The van der Waals surface area contributed by atoms with Crippen LogP contribution in [0.2, 0.25) is 0 Å². The summed E-state index contributed by atoms with van der Waals surface area (Å²) in [6, 6.07) is 9.38. The Balaban J connectivity index is 1.92. The summed E-state index contributed by atoms with van der Waals surface area (Å²) in [5, 5.41) is 10.6. The van der Waals surface area contributed by atoms with Crippen LogP contribution in [0.4, 0.5) is 4.39 Å². The number of aliphatic hydroxyl groups is 1. The number of hydrogen-bond acceptors (Lipinski definition) is 3. The molecular formula is C19H19FN2O3. The fraction of sp³-hybridized carbons (Fsp3) is 0.263. The minimum Gasteiger partial charge on any atom is -0.505 e. The van der Waals surface area contributed by atoms with Gasteiger partial charge in [0.25, 0.3) is 11.7 Å². The van der Waals surface area contributed by atoms with Crippen molar-refractivity contribution in [3.8, 4) is 0 Å². The molecule has 1 aromatic carbocycles. The van der Waals surface area contributed by atoms with Gasteiger partial charge in [0.1, 0.15) is 11.6 Å². The van der Waals surface area contributed by atoms with E-state index in [0.717, 1.165) is 5.56 Å². The molecule has 6 heteroatoms. The summed E-state index contributed by atoms with van der Waals surface area (Å²) in [4.78, 5) is 25.7. The minimum atomic E-state index is -0.666. The van der Waals surface area contributed by atoms with Crippen molar-refractivity contribution in [2.45, 2.75) is 26.4 Å². The summed E-state index contributed by atoms with van der Waals surface area (Å²) in [5.74, 6) is -1.76. The maximum absolute atomic E-state index is 13.0. The molecule has 0 bridgehead atoms. The molecule has 1 aliphatic rings. The van der Waals surface area contributed by atoms with Crippen LogP contribution in [0, 0.1) is 5.82 Å². The molecule has 1 fully saturated rings. The highest BCUT2D eigenvalue weighted by Gasteiger charge is 2.38. The average molecular weight is 342 g/mol. The van der Waals surface area contributed by atoms with Gasteiger partial charge in [-0.1, -0.05) is 12.1 Å². The van der Waals surface area contributed by atoms with Crippen LogP contribution in [-0.4, -0.2) is 38.9 Å². The van der Waals surface area contributed by atoms with Crippen LogP contribution >= 0.6 is 0 Å². The van der Waals surface area contributed by atoms with Crippen LogP contribution in [-0.2, 0) is 16.1 Å². The number of amides is 1. The first-order valence-electron chi connectivity index (χ1n) is 8.06. The van der Waals surface area contributed by atoms with E-state index in [-0.39, 0.29) is 29.7 Å². The number of Topliss-reactive ketones (excluding diaryl/α,β-unsaturated/α-hetero) is 1. The van der Waals surface area contributed by atoms with Crippen LogP contribution in [0.3, 0.4) is 0 Å². The second-order valence-corrected chi connectivity index (χ2v) is 6.33. The molecule has 0 aliphatic carbocycles. The van der Waals surface area contributed by atoms with Gasteiger partial charge < -0.3 is 14.6 Å². The zero-order chi connectivity index (χ0) is 18.1. The number of hydrogen-bond donors (Lipinski definition) is 1. The van der Waals surface area contributed by atoms with Crippen molar-refractivity contribution in [3.05, 3.63) is 65.2 Å². The molecule has 1 amide bonds. The molecule has 5 nitrogen and oxygen atoms in total. The number of aromatic nitrogens is 1. The first kappa shape index (κ1) is 17.0. The maximum atomic E-state index is 13.0. The predicted octanol–water partition coefficient (Wildman–Crippen LogP) is 2.76. The van der Waals surface area contributed by atoms with Crippen molar-refractivity contribution >= 4 is 17.4 Å². The topological polar surface area (TPSA) is 62.5 Å². The number of carbonyl (C=O) groups excluding carboxylic acids is 2. The monoisotopic (exact) mass is 342 g/mol. The first-order valence-corrected chi connectivity index (χ1v) is 8.06. The summed E-state index contributed by atoms with van der Waals surface area (Å²) in [7, 11) is 0. The lowest BCUT2D eigenvalue weighted by Gasteiger charge is -2.18. The Morgan fingerprint density at radius 3 is 2.48 bits per heavy atom. The van der Waals surface area contributed by atoms with E-state index in [1.165, 1.54) is 17.0 Å². The Morgan fingerprint density at radius 2 is 1.88 bits per heavy atom. The van der Waals surface area contributed by atoms with Gasteiger partial charge in [-0.3, -0.25) is 9.59 Å². The van der Waals surface area contributed by atoms with E-state index in [2.05, 4.69) is 0 Å². The Bertz CT molecular complexity index is 850. The highest BCUT2D eigenvalue weighted by atomic mass is 19.1. The van der Waals surface area contributed by atoms with Crippen LogP contribution in [0.15, 0.2) is 48.2 Å². The number of likely N-dealkylation sites (tertiary alicyclic amines) is 1. The Morgan fingerprint density at radius 1 is 1.20 bits per heavy atom. The van der Waals surface area contributed by atoms with Gasteiger partial charge in [-0.25, -0.2) is 4.39 Å². The summed E-state index contributed by atoms with van der Waals surface area (Å²) in [5.41, 5.74) is 1.41. The van der Waals surface area contributed by atoms with Crippen molar-refractivity contribution < 1.29 is 19.1 Å². The van der Waals surface area contributed by atoms with Crippen molar-refractivity contribution in [1.82, 2.24) is 9.47 Å². The number of benzene rings is 1. The lowest BCUT2D eigenvalue weighted by molar-refractivity contribution is -0.140. The SMILES string of the molecule is CC(C)N1C/C(=C(/O)c2cccn2Cc2ccc(F)cc2)C(=O)C1=O. The first-order chi connectivity index (χ1) is 11.9. The molecule has 1 N–H and O–H groups in total. The van der Waals surface area contributed by atoms with Gasteiger partial charge in [0, 0.05) is 18.8 Å². The highest BCUT2D eigenvalue weighted by Crippen LogP contribution is 2.25. The summed E-state index contributed by atoms with van der Waals surface area (Å²) in [6.45, 7) is 4.16. The highest BCUT2D eigenvalue weighted by molar-refractivity contribution is 6.46. The van der Waals surface area contributed by atoms with Crippen molar-refractivity contribution in [3.63, 3.8) is 0 Å². The molecular weight excluding hydrogens is 323 g/mol. The summed E-state index contributed by atoms with van der Waals surface area (Å²) < 4.78 is 14.8. The molecule has 130 valence electrons. The molecule has 0 spiro atoms. The molecule has 25 heavy (non-hydrogen) atoms. The lowest BCUT2D eigenvalue weighted by Crippen LogP contribution is -2.33. The predicted molar refractivity (Wildman–Crippen MR) is 91.3 cm³/mol. The van der Waals surface area contributed by atoms with E-state index in [1.54, 1.807) is 35.0 Å². The summed E-state index contributed by atoms with van der Waals surface area (Å²) >= 11 is 0. The third-order valence-electron chi connectivity index (χ3n) is 4.31. The zero-order valence-electron chi connectivity index (χ0n) is 14.1. The fourth-order valence-electron chi connectivity index (χ4n) is 2.88. The summed E-state index contributed by atoms with van der Waals surface area (Å²) in [6.07, 6.45) is 1.76. The minimum absolute atomic E-state index is 0.100. The van der Waals surface area contributed by atoms with Crippen LogP contribution in [0.1, 0.15) is 25.1 Å². The second kappa shape index (κ2) is 6.55. The third kappa shape index (κ3) is 3.20. The molecule has 0 atom stereocenters. The van der Waals surface area contributed by atoms with E-state index >= 15 is 0 Å². The van der Waals surface area contributed by atoms with E-state index in [1.807, 2.05) is 13.8 Å². The molecule has 1 saturated heterocycles. The average Bonchev–Trinajstić information content (AvgIpc) is 3.15. The smallest absolute Gasteiger partial charge is 0.295 e. The molecule has 0 unspecified atom stereocenters. The molecule has 2 heterocycles. The van der Waals surface area contributed by atoms with Crippen LogP contribution in [0.5, 0.6) is 0 Å². The third-order valence-corrected chi connectivity index (χ3v) is 4.31. The van der Waals surface area contributed by atoms with E-state index in [9.17, 15) is 19.1 Å². The lowest BCUT2D eigenvalue weighted by atomic mass is 10.1. The van der Waals surface area contributed by atoms with Gasteiger partial charge in [-0.2, -0.15) is 0 Å². The van der Waals surface area contributed by atoms with Gasteiger partial charge in [0.2, 0.25) is 0 Å². The molecule has 0 saturated carbocycles. The van der Waals surface area contributed by atoms with Gasteiger partial charge in [-0.05, 0) is 43.7 Å². The largest absolute Gasteiger partial charge is 0.505 e. The van der Waals surface area contributed by atoms with Crippen molar-refractivity contribution in [2.75, 3.05) is 6.54 Å². The Labute approximate surface area is 145 Å². The number of carbonyl (C=O) groups is 2. The zero-order valence-corrected chi connectivity index (χ0v) is 14.1. The van der Waals surface area contributed by atoms with Gasteiger partial charge in [0.05, 0.1) is 17.8 Å². The van der Waals surface area contributed by atoms with Gasteiger partial charge in [-0.15, -0.1) is 0 Å². The molecule has 1 aliphatic heterocycles. The molecule has 0 radical (unpaired) electrons. The molecule has 1 aromatic heterocycles. The van der Waals surface area contributed by atoms with E-state index in [4.69, 9.17) is 0 Å². The van der Waals surface area contributed by atoms with E-state index < -0.39 is 11.7 Å². The second-order valence-electron chi connectivity index (χ2n) is 6.33. The molecule has 2 aromatic rings. The van der Waals surface area contributed by atoms with Crippen molar-refractivity contribution in [1.29, 1.82) is 0 Å². The number of nitrogens with zero attached hydrogens (tertiary/aromatic N) is 2. The van der Waals surface area contributed by atoms with Gasteiger partial charge >= 0.3 is 0 Å². The molecule has 3 rings (SSSR count). The maximum Gasteiger partial charge on any atom is 0.295 e. The number of aliphatic hydroxyl groups excluding tert-OH is 1.